The van der Waals surface area contributed by atoms with E-state index in [9.17, 15) is 4.79 Å². The SMILES string of the molecule is O=C(COCc1ccccn1)C1(c2ccc(Cl)cc2)CCC1. The van der Waals surface area contributed by atoms with E-state index in [-0.39, 0.29) is 17.8 Å². The smallest absolute Gasteiger partial charge is 0.168 e. The van der Waals surface area contributed by atoms with Crippen molar-refractivity contribution in [1.29, 1.82) is 0 Å². The summed E-state index contributed by atoms with van der Waals surface area (Å²) in [5.74, 6) is 0.150. The van der Waals surface area contributed by atoms with Gasteiger partial charge in [0.2, 0.25) is 0 Å². The Morgan fingerprint density at radius 1 is 1.18 bits per heavy atom. The molecule has 0 amide bonds. The first kappa shape index (κ1) is 15.2. The second-order valence-corrected chi connectivity index (χ2v) is 6.12. The van der Waals surface area contributed by atoms with Crippen molar-refractivity contribution in [2.75, 3.05) is 6.61 Å². The molecule has 0 radical (unpaired) electrons. The Kier molecular flexibility index (Phi) is 4.55. The number of hydrogen-bond donors (Lipinski definition) is 0. The number of carbonyl (C=O) groups excluding carboxylic acids is 1. The van der Waals surface area contributed by atoms with Crippen LogP contribution in [0.3, 0.4) is 0 Å². The van der Waals surface area contributed by atoms with Crippen LogP contribution in [0, 0.1) is 0 Å². The van der Waals surface area contributed by atoms with Gasteiger partial charge >= 0.3 is 0 Å². The zero-order chi connectivity index (χ0) is 15.4. The zero-order valence-corrected chi connectivity index (χ0v) is 13.1. The van der Waals surface area contributed by atoms with Crippen LogP contribution < -0.4 is 0 Å². The number of hydrogen-bond acceptors (Lipinski definition) is 3. The van der Waals surface area contributed by atoms with Crippen LogP contribution in [0.1, 0.15) is 30.5 Å². The molecule has 1 aliphatic carbocycles. The molecule has 0 bridgehead atoms. The van der Waals surface area contributed by atoms with Crippen LogP contribution in [0.5, 0.6) is 0 Å². The molecule has 1 aromatic heterocycles. The number of pyridine rings is 1. The molecule has 0 spiro atoms. The van der Waals surface area contributed by atoms with Gasteiger partial charge in [-0.2, -0.15) is 0 Å². The van der Waals surface area contributed by atoms with Gasteiger partial charge in [-0.25, -0.2) is 0 Å². The number of ether oxygens (including phenoxy) is 1. The fourth-order valence-corrected chi connectivity index (χ4v) is 3.02. The van der Waals surface area contributed by atoms with E-state index < -0.39 is 0 Å². The number of benzene rings is 1. The monoisotopic (exact) mass is 315 g/mol. The molecule has 3 rings (SSSR count). The second kappa shape index (κ2) is 6.59. The number of nitrogens with zero attached hydrogens (tertiary/aromatic N) is 1. The van der Waals surface area contributed by atoms with Crippen molar-refractivity contribution in [2.24, 2.45) is 0 Å². The molecule has 22 heavy (non-hydrogen) atoms. The van der Waals surface area contributed by atoms with Gasteiger partial charge in [0, 0.05) is 11.2 Å². The molecular weight excluding hydrogens is 298 g/mol. The van der Waals surface area contributed by atoms with E-state index in [0.717, 1.165) is 30.5 Å². The first-order valence-electron chi connectivity index (χ1n) is 7.48. The molecule has 1 heterocycles. The van der Waals surface area contributed by atoms with E-state index >= 15 is 0 Å². The number of halogens is 1. The van der Waals surface area contributed by atoms with Gasteiger partial charge in [-0.3, -0.25) is 9.78 Å². The molecule has 3 nitrogen and oxygen atoms in total. The highest BCUT2D eigenvalue weighted by atomic mass is 35.5. The number of rotatable bonds is 6. The third-order valence-electron chi connectivity index (χ3n) is 4.35. The van der Waals surface area contributed by atoms with Crippen LogP contribution in [0.2, 0.25) is 5.02 Å². The van der Waals surface area contributed by atoms with Crippen molar-refractivity contribution in [3.05, 3.63) is 64.9 Å². The molecule has 4 heteroatoms. The summed E-state index contributed by atoms with van der Waals surface area (Å²) in [4.78, 5) is 16.8. The molecule has 1 aromatic carbocycles. The normalized spacial score (nSPS) is 16.0. The standard InChI is InChI=1S/C18H18ClNO2/c19-15-7-5-14(6-8-15)18(9-3-10-18)17(21)13-22-12-16-4-1-2-11-20-16/h1-2,4-8,11H,3,9-10,12-13H2. The Morgan fingerprint density at radius 2 is 1.95 bits per heavy atom. The van der Waals surface area contributed by atoms with Crippen LogP contribution >= 0.6 is 11.6 Å². The van der Waals surface area contributed by atoms with E-state index in [4.69, 9.17) is 16.3 Å². The number of aromatic nitrogens is 1. The number of Topliss-reactive ketones (excluding diaryl/α,β-unsaturated/α-hetero) is 1. The highest BCUT2D eigenvalue weighted by Crippen LogP contribution is 2.44. The Balaban J connectivity index is 1.63. The van der Waals surface area contributed by atoms with Gasteiger partial charge in [0.25, 0.3) is 0 Å². The quantitative estimate of drug-likeness (QED) is 0.810. The van der Waals surface area contributed by atoms with E-state index in [1.54, 1.807) is 6.20 Å². The molecule has 0 aliphatic heterocycles. The molecule has 2 aromatic rings. The lowest BCUT2D eigenvalue weighted by molar-refractivity contribution is -0.132. The first-order valence-corrected chi connectivity index (χ1v) is 7.85. The van der Waals surface area contributed by atoms with Gasteiger partial charge < -0.3 is 4.74 Å². The minimum atomic E-state index is -0.380. The fourth-order valence-electron chi connectivity index (χ4n) is 2.90. The molecule has 1 aliphatic rings. The summed E-state index contributed by atoms with van der Waals surface area (Å²) in [6, 6.07) is 13.3. The van der Waals surface area contributed by atoms with E-state index in [0.29, 0.717) is 11.6 Å². The van der Waals surface area contributed by atoms with E-state index in [1.165, 1.54) is 0 Å². The van der Waals surface area contributed by atoms with Crippen molar-refractivity contribution in [2.45, 2.75) is 31.3 Å². The average Bonchev–Trinajstić information content (AvgIpc) is 2.49. The average molecular weight is 316 g/mol. The van der Waals surface area contributed by atoms with Gasteiger partial charge in [-0.1, -0.05) is 36.2 Å². The van der Waals surface area contributed by atoms with Crippen molar-refractivity contribution in [3.63, 3.8) is 0 Å². The summed E-state index contributed by atoms with van der Waals surface area (Å²) < 4.78 is 5.57. The van der Waals surface area contributed by atoms with Gasteiger partial charge in [0.15, 0.2) is 5.78 Å². The topological polar surface area (TPSA) is 39.2 Å². The first-order chi connectivity index (χ1) is 10.7. The van der Waals surface area contributed by atoms with Crippen molar-refractivity contribution >= 4 is 17.4 Å². The van der Waals surface area contributed by atoms with Gasteiger partial charge in [0.05, 0.1) is 17.7 Å². The van der Waals surface area contributed by atoms with Crippen LogP contribution in [-0.4, -0.2) is 17.4 Å². The number of ketones is 1. The highest BCUT2D eigenvalue weighted by Gasteiger charge is 2.44. The second-order valence-electron chi connectivity index (χ2n) is 5.68. The summed E-state index contributed by atoms with van der Waals surface area (Å²) in [7, 11) is 0. The largest absolute Gasteiger partial charge is 0.367 e. The maximum atomic E-state index is 12.6. The third kappa shape index (κ3) is 3.06. The maximum Gasteiger partial charge on any atom is 0.168 e. The summed E-state index contributed by atoms with van der Waals surface area (Å²) >= 11 is 5.94. The van der Waals surface area contributed by atoms with E-state index in [2.05, 4.69) is 4.98 Å². The Morgan fingerprint density at radius 3 is 2.55 bits per heavy atom. The molecule has 1 fully saturated rings. The van der Waals surface area contributed by atoms with Crippen LogP contribution in [-0.2, 0) is 21.6 Å². The Bertz CT molecular complexity index is 636. The summed E-state index contributed by atoms with van der Waals surface area (Å²) in [6.07, 6.45) is 4.58. The minimum absolute atomic E-state index is 0.124. The van der Waals surface area contributed by atoms with E-state index in [1.807, 2.05) is 42.5 Å². The van der Waals surface area contributed by atoms with Crippen molar-refractivity contribution in [1.82, 2.24) is 4.98 Å². The lowest BCUT2D eigenvalue weighted by Gasteiger charge is -2.40. The zero-order valence-electron chi connectivity index (χ0n) is 12.3. The summed E-state index contributed by atoms with van der Waals surface area (Å²) in [5.41, 5.74) is 1.51. The van der Waals surface area contributed by atoms with Gasteiger partial charge in [-0.05, 0) is 42.7 Å². The molecule has 1 saturated carbocycles. The fraction of sp³-hybridized carbons (Fsp3) is 0.333. The molecule has 0 unspecified atom stereocenters. The lowest BCUT2D eigenvalue weighted by atomic mass is 9.62. The summed E-state index contributed by atoms with van der Waals surface area (Å²) in [6.45, 7) is 0.489. The Labute approximate surface area is 135 Å². The van der Waals surface area contributed by atoms with Crippen LogP contribution in [0.25, 0.3) is 0 Å². The predicted octanol–water partition coefficient (Wildman–Crippen LogP) is 3.94. The number of carbonyl (C=O) groups is 1. The summed E-state index contributed by atoms with van der Waals surface area (Å²) in [5, 5.41) is 0.692. The maximum absolute atomic E-state index is 12.6. The minimum Gasteiger partial charge on any atom is -0.367 e. The van der Waals surface area contributed by atoms with Crippen molar-refractivity contribution in [3.8, 4) is 0 Å². The lowest BCUT2D eigenvalue weighted by Crippen LogP contribution is -2.44. The van der Waals surface area contributed by atoms with Crippen molar-refractivity contribution < 1.29 is 9.53 Å². The molecule has 0 atom stereocenters. The van der Waals surface area contributed by atoms with Gasteiger partial charge in [-0.15, -0.1) is 0 Å². The molecule has 0 saturated heterocycles. The van der Waals surface area contributed by atoms with Gasteiger partial charge in [0.1, 0.15) is 6.61 Å². The molecule has 114 valence electrons. The third-order valence-corrected chi connectivity index (χ3v) is 4.60. The predicted molar refractivity (Wildman–Crippen MR) is 85.9 cm³/mol. The Hall–Kier alpha value is -1.71. The van der Waals surface area contributed by atoms with Crippen LogP contribution in [0.4, 0.5) is 0 Å². The highest BCUT2D eigenvalue weighted by molar-refractivity contribution is 6.30. The molecular formula is C18H18ClNO2. The molecule has 0 N–H and O–H groups in total. The van der Waals surface area contributed by atoms with Crippen LogP contribution in [0.15, 0.2) is 48.7 Å².